The lowest BCUT2D eigenvalue weighted by molar-refractivity contribution is 0.186. The summed E-state index contributed by atoms with van der Waals surface area (Å²) in [5.74, 6) is 0.914. The van der Waals surface area contributed by atoms with Crippen molar-refractivity contribution in [1.82, 2.24) is 19.5 Å². The van der Waals surface area contributed by atoms with E-state index in [0.717, 1.165) is 22.9 Å². The molecule has 3 heterocycles. The molecule has 1 fully saturated rings. The largest absolute Gasteiger partial charge is 0.492 e. The summed E-state index contributed by atoms with van der Waals surface area (Å²) >= 11 is 1.54. The van der Waals surface area contributed by atoms with E-state index in [1.807, 2.05) is 13.0 Å². The van der Waals surface area contributed by atoms with Gasteiger partial charge in [-0.1, -0.05) is 48.1 Å². The Hall–Kier alpha value is -1.92. The molecular weight excluding hydrogens is 308 g/mol. The van der Waals surface area contributed by atoms with Crippen molar-refractivity contribution < 1.29 is 5.11 Å². The standard InChI is InChI=1S/C17H20N4OS/c1-12-18-17-21(19-12)16(22)15(23-17)14(13-8-4-2-5-9-13)20-10-6-3-7-11-20/h2,4-5,8-9,14,22H,3,6-7,10-11H2,1H3. The first-order valence-electron chi connectivity index (χ1n) is 8.08. The fraction of sp³-hybridized carbons (Fsp3) is 0.412. The number of hydrogen-bond donors (Lipinski definition) is 1. The third-order valence-electron chi connectivity index (χ3n) is 4.43. The van der Waals surface area contributed by atoms with Crippen molar-refractivity contribution in [3.63, 3.8) is 0 Å². The zero-order chi connectivity index (χ0) is 15.8. The number of thiazole rings is 1. The lowest BCUT2D eigenvalue weighted by atomic mass is 10.0. The first-order valence-corrected chi connectivity index (χ1v) is 8.90. The van der Waals surface area contributed by atoms with E-state index in [0.29, 0.717) is 5.82 Å². The predicted molar refractivity (Wildman–Crippen MR) is 91.0 cm³/mol. The second-order valence-electron chi connectivity index (χ2n) is 6.05. The fourth-order valence-electron chi connectivity index (χ4n) is 3.37. The van der Waals surface area contributed by atoms with Gasteiger partial charge in [-0.2, -0.15) is 4.52 Å². The van der Waals surface area contributed by atoms with E-state index in [2.05, 4.69) is 39.2 Å². The van der Waals surface area contributed by atoms with Crippen LogP contribution in [0, 0.1) is 6.92 Å². The second kappa shape index (κ2) is 5.94. The lowest BCUT2D eigenvalue weighted by Crippen LogP contribution is -2.34. The summed E-state index contributed by atoms with van der Waals surface area (Å²) in [6, 6.07) is 10.5. The SMILES string of the molecule is Cc1nc2sc(C(c3ccccc3)N3CCCCC3)c(O)n2n1. The van der Waals surface area contributed by atoms with Gasteiger partial charge in [0, 0.05) is 0 Å². The molecule has 23 heavy (non-hydrogen) atoms. The van der Waals surface area contributed by atoms with E-state index >= 15 is 0 Å². The number of hydrogen-bond acceptors (Lipinski definition) is 5. The fourth-order valence-corrected chi connectivity index (χ4v) is 4.53. The Morgan fingerprint density at radius 1 is 1.13 bits per heavy atom. The van der Waals surface area contributed by atoms with Crippen LogP contribution in [0.3, 0.4) is 0 Å². The van der Waals surface area contributed by atoms with Crippen LogP contribution in [0.25, 0.3) is 4.96 Å². The Morgan fingerprint density at radius 3 is 2.57 bits per heavy atom. The highest BCUT2D eigenvalue weighted by molar-refractivity contribution is 7.17. The predicted octanol–water partition coefficient (Wildman–Crippen LogP) is 3.38. The van der Waals surface area contributed by atoms with Crippen LogP contribution in [0.2, 0.25) is 0 Å². The Balaban J connectivity index is 1.82. The molecular formula is C17H20N4OS. The molecule has 1 unspecified atom stereocenters. The van der Waals surface area contributed by atoms with Crippen molar-refractivity contribution >= 4 is 16.3 Å². The maximum Gasteiger partial charge on any atom is 0.230 e. The highest BCUT2D eigenvalue weighted by Crippen LogP contribution is 2.40. The van der Waals surface area contributed by atoms with Crippen LogP contribution in [0.5, 0.6) is 5.88 Å². The zero-order valence-corrected chi connectivity index (χ0v) is 14.0. The number of likely N-dealkylation sites (tertiary alicyclic amines) is 1. The number of fused-ring (bicyclic) bond motifs is 1. The molecule has 120 valence electrons. The Morgan fingerprint density at radius 2 is 1.87 bits per heavy atom. The monoisotopic (exact) mass is 328 g/mol. The molecule has 1 saturated heterocycles. The number of rotatable bonds is 3. The molecule has 0 radical (unpaired) electrons. The van der Waals surface area contributed by atoms with Gasteiger partial charge in [-0.3, -0.25) is 4.90 Å². The lowest BCUT2D eigenvalue weighted by Gasteiger charge is -2.34. The van der Waals surface area contributed by atoms with Gasteiger partial charge in [0.1, 0.15) is 5.82 Å². The van der Waals surface area contributed by atoms with Gasteiger partial charge in [0.05, 0.1) is 10.9 Å². The topological polar surface area (TPSA) is 53.7 Å². The molecule has 1 aromatic carbocycles. The molecule has 0 spiro atoms. The van der Waals surface area contributed by atoms with Crippen LogP contribution in [-0.4, -0.2) is 37.7 Å². The minimum atomic E-state index is 0.0744. The van der Waals surface area contributed by atoms with Crippen LogP contribution in [-0.2, 0) is 0 Å². The molecule has 5 nitrogen and oxygen atoms in total. The van der Waals surface area contributed by atoms with E-state index in [1.54, 1.807) is 4.52 Å². The Labute approximate surface area is 139 Å². The molecule has 3 aromatic rings. The molecule has 1 atom stereocenters. The summed E-state index contributed by atoms with van der Waals surface area (Å²) in [4.78, 5) is 8.57. The first-order chi connectivity index (χ1) is 11.2. The third kappa shape index (κ3) is 2.62. The van der Waals surface area contributed by atoms with Gasteiger partial charge in [0.25, 0.3) is 0 Å². The molecule has 6 heteroatoms. The van der Waals surface area contributed by atoms with Gasteiger partial charge in [-0.15, -0.1) is 5.10 Å². The summed E-state index contributed by atoms with van der Waals surface area (Å²) in [7, 11) is 0. The highest BCUT2D eigenvalue weighted by Gasteiger charge is 2.30. The first kappa shape index (κ1) is 14.7. The molecule has 1 aliphatic heterocycles. The molecule has 1 N–H and O–H groups in total. The smallest absolute Gasteiger partial charge is 0.230 e. The minimum Gasteiger partial charge on any atom is -0.492 e. The molecule has 0 saturated carbocycles. The second-order valence-corrected chi connectivity index (χ2v) is 7.06. The van der Waals surface area contributed by atoms with Gasteiger partial charge in [0.15, 0.2) is 0 Å². The van der Waals surface area contributed by atoms with E-state index in [1.165, 1.54) is 36.2 Å². The van der Waals surface area contributed by atoms with Crippen molar-refractivity contribution in [2.24, 2.45) is 0 Å². The van der Waals surface area contributed by atoms with Gasteiger partial charge in [0.2, 0.25) is 10.8 Å². The van der Waals surface area contributed by atoms with Crippen molar-refractivity contribution in [2.75, 3.05) is 13.1 Å². The van der Waals surface area contributed by atoms with Crippen molar-refractivity contribution in [2.45, 2.75) is 32.2 Å². The maximum absolute atomic E-state index is 10.7. The maximum atomic E-state index is 10.7. The molecule has 4 rings (SSSR count). The van der Waals surface area contributed by atoms with E-state index in [4.69, 9.17) is 0 Å². The summed E-state index contributed by atoms with van der Waals surface area (Å²) < 4.78 is 1.56. The van der Waals surface area contributed by atoms with E-state index in [9.17, 15) is 5.11 Å². The summed E-state index contributed by atoms with van der Waals surface area (Å²) in [5, 5.41) is 15.0. The average Bonchev–Trinajstić information content (AvgIpc) is 3.08. The number of aryl methyl sites for hydroxylation is 1. The summed E-state index contributed by atoms with van der Waals surface area (Å²) in [6.07, 6.45) is 3.71. The molecule has 2 aromatic heterocycles. The molecule has 0 bridgehead atoms. The number of benzene rings is 1. The zero-order valence-electron chi connectivity index (χ0n) is 13.1. The van der Waals surface area contributed by atoms with Crippen molar-refractivity contribution in [3.05, 3.63) is 46.6 Å². The normalized spacial score (nSPS) is 17.6. The summed E-state index contributed by atoms with van der Waals surface area (Å²) in [5.41, 5.74) is 1.21. The van der Waals surface area contributed by atoms with Gasteiger partial charge >= 0.3 is 0 Å². The number of piperidine rings is 1. The van der Waals surface area contributed by atoms with Crippen molar-refractivity contribution in [1.29, 1.82) is 0 Å². The Bertz CT molecular complexity index is 805. The number of aromatic nitrogens is 3. The van der Waals surface area contributed by atoms with Crippen LogP contribution in [0.15, 0.2) is 30.3 Å². The third-order valence-corrected chi connectivity index (χ3v) is 5.50. The van der Waals surface area contributed by atoms with Crippen LogP contribution in [0.4, 0.5) is 0 Å². The minimum absolute atomic E-state index is 0.0744. The summed E-state index contributed by atoms with van der Waals surface area (Å²) in [6.45, 7) is 3.97. The van der Waals surface area contributed by atoms with E-state index in [-0.39, 0.29) is 11.9 Å². The average molecular weight is 328 g/mol. The van der Waals surface area contributed by atoms with Gasteiger partial charge in [-0.25, -0.2) is 4.98 Å². The van der Waals surface area contributed by atoms with Crippen LogP contribution < -0.4 is 0 Å². The molecule has 0 aliphatic carbocycles. The quantitative estimate of drug-likeness (QED) is 0.801. The van der Waals surface area contributed by atoms with Crippen LogP contribution in [0.1, 0.15) is 41.6 Å². The highest BCUT2D eigenvalue weighted by atomic mass is 32.1. The van der Waals surface area contributed by atoms with Gasteiger partial charge < -0.3 is 5.11 Å². The molecule has 1 aliphatic rings. The van der Waals surface area contributed by atoms with Gasteiger partial charge in [-0.05, 0) is 38.4 Å². The number of nitrogens with zero attached hydrogens (tertiary/aromatic N) is 4. The van der Waals surface area contributed by atoms with Crippen LogP contribution >= 0.6 is 11.3 Å². The number of aromatic hydroxyl groups is 1. The Kier molecular flexibility index (Phi) is 3.79. The molecule has 0 amide bonds. The van der Waals surface area contributed by atoms with Crippen molar-refractivity contribution in [3.8, 4) is 5.88 Å². The van der Waals surface area contributed by atoms with E-state index < -0.39 is 0 Å².